The molecule has 0 aliphatic heterocycles. The largest absolute Gasteiger partial charge is 0.462 e. The van der Waals surface area contributed by atoms with Crippen LogP contribution < -0.4 is 10.6 Å². The van der Waals surface area contributed by atoms with Crippen molar-refractivity contribution in [2.45, 2.75) is 104 Å². The smallest absolute Gasteiger partial charge is 0.250 e. The van der Waals surface area contributed by atoms with Gasteiger partial charge in [-0.05, 0) is 43.8 Å². The Balaban J connectivity index is 1.86. The molecule has 0 spiro atoms. The summed E-state index contributed by atoms with van der Waals surface area (Å²) in [5, 5.41) is 6.15. The zero-order valence-electron chi connectivity index (χ0n) is 19.1. The minimum absolute atomic E-state index is 0.248. The minimum Gasteiger partial charge on any atom is -0.462 e. The number of amides is 1. The number of hydrogen-bond acceptors (Lipinski definition) is 3. The van der Waals surface area contributed by atoms with E-state index in [9.17, 15) is 4.79 Å². The van der Waals surface area contributed by atoms with Gasteiger partial charge in [0.15, 0.2) is 5.11 Å². The van der Waals surface area contributed by atoms with Crippen LogP contribution in [0.15, 0.2) is 22.6 Å². The first kappa shape index (κ1) is 26.4. The number of aryl methyl sites for hydroxylation is 1. The number of thiocarbonyl (C=S) groups is 1. The van der Waals surface area contributed by atoms with E-state index in [0.29, 0.717) is 10.9 Å². The Kier molecular flexibility index (Phi) is 16.0. The molecule has 0 fully saturated rings. The normalized spacial score (nSPS) is 11.1. The molecule has 0 aliphatic rings. The summed E-state index contributed by atoms with van der Waals surface area (Å²) in [6, 6.07) is 3.69. The Morgan fingerprint density at radius 2 is 1.43 bits per heavy atom. The molecule has 1 aromatic heterocycles. The molecule has 0 atom stereocenters. The van der Waals surface area contributed by atoms with Crippen molar-refractivity contribution in [2.75, 3.05) is 6.54 Å². The summed E-state index contributed by atoms with van der Waals surface area (Å²) in [6.45, 7) is 4.95. The molecule has 2 N–H and O–H groups in total. The van der Waals surface area contributed by atoms with E-state index in [4.69, 9.17) is 16.6 Å². The zero-order chi connectivity index (χ0) is 21.9. The van der Waals surface area contributed by atoms with Crippen LogP contribution in [0.3, 0.4) is 0 Å². The topological polar surface area (TPSA) is 54.3 Å². The Morgan fingerprint density at radius 1 is 0.900 bits per heavy atom. The predicted octanol–water partition coefficient (Wildman–Crippen LogP) is 7.07. The van der Waals surface area contributed by atoms with Crippen molar-refractivity contribution < 1.29 is 9.21 Å². The maximum atomic E-state index is 11.8. The predicted molar refractivity (Wildman–Crippen MR) is 132 cm³/mol. The van der Waals surface area contributed by atoms with Gasteiger partial charge in [0.2, 0.25) is 5.91 Å². The molecule has 0 radical (unpaired) electrons. The lowest BCUT2D eigenvalue weighted by molar-refractivity contribution is -0.115. The quantitative estimate of drug-likeness (QED) is 0.156. The van der Waals surface area contributed by atoms with Crippen LogP contribution in [0.1, 0.15) is 108 Å². The highest BCUT2D eigenvalue weighted by Gasteiger charge is 2.01. The Labute approximate surface area is 189 Å². The summed E-state index contributed by atoms with van der Waals surface area (Å²) in [5.74, 6) is 1.23. The van der Waals surface area contributed by atoms with Gasteiger partial charge in [0.05, 0.1) is 0 Å². The molecule has 0 unspecified atom stereocenters. The van der Waals surface area contributed by atoms with Gasteiger partial charge in [-0.2, -0.15) is 0 Å². The van der Waals surface area contributed by atoms with Crippen molar-refractivity contribution in [3.8, 4) is 0 Å². The van der Waals surface area contributed by atoms with Crippen LogP contribution in [-0.2, 0) is 4.79 Å². The van der Waals surface area contributed by atoms with Gasteiger partial charge < -0.3 is 9.73 Å². The molecule has 1 heterocycles. The average Bonchev–Trinajstić information content (AvgIpc) is 3.14. The fourth-order valence-corrected chi connectivity index (χ4v) is 3.62. The first-order valence-electron chi connectivity index (χ1n) is 11.9. The third kappa shape index (κ3) is 15.3. The molecular formula is C25H42N2O2S. The van der Waals surface area contributed by atoms with Crippen LogP contribution in [0.25, 0.3) is 6.08 Å². The fourth-order valence-electron chi connectivity index (χ4n) is 3.42. The summed E-state index contributed by atoms with van der Waals surface area (Å²) >= 11 is 5.16. The monoisotopic (exact) mass is 434 g/mol. The number of carbonyl (C=O) groups excluding carboxylic acids is 1. The third-order valence-corrected chi connectivity index (χ3v) is 5.46. The molecule has 1 amide bonds. The van der Waals surface area contributed by atoms with E-state index < -0.39 is 0 Å². The van der Waals surface area contributed by atoms with Crippen molar-refractivity contribution in [3.63, 3.8) is 0 Å². The van der Waals surface area contributed by atoms with E-state index in [-0.39, 0.29) is 5.91 Å². The standard InChI is InChI=1S/C25H42N2O2S/c1-3-4-5-6-7-8-9-10-11-12-13-14-15-16-21-26-25(30)27-24(28)20-19-23-18-17-22(2)29-23/h17-20H,3-16,21H2,1-2H3,(H2,26,27,28,30)/b20-19+. The molecule has 5 heteroatoms. The lowest BCUT2D eigenvalue weighted by atomic mass is 10.0. The second-order valence-electron chi connectivity index (χ2n) is 8.12. The van der Waals surface area contributed by atoms with Gasteiger partial charge >= 0.3 is 0 Å². The number of rotatable bonds is 17. The van der Waals surface area contributed by atoms with Crippen molar-refractivity contribution in [1.82, 2.24) is 10.6 Å². The van der Waals surface area contributed by atoms with E-state index in [1.165, 1.54) is 89.5 Å². The number of carbonyl (C=O) groups is 1. The first-order chi connectivity index (χ1) is 14.6. The Morgan fingerprint density at radius 3 is 1.93 bits per heavy atom. The summed E-state index contributed by atoms with van der Waals surface area (Å²) in [6.07, 6.45) is 22.0. The van der Waals surface area contributed by atoms with E-state index >= 15 is 0 Å². The molecule has 0 aliphatic carbocycles. The second kappa shape index (κ2) is 18.2. The molecule has 0 saturated heterocycles. The number of nitrogens with one attached hydrogen (secondary N) is 2. The van der Waals surface area contributed by atoms with E-state index in [0.717, 1.165) is 18.7 Å². The van der Waals surface area contributed by atoms with Crippen molar-refractivity contribution in [3.05, 3.63) is 29.7 Å². The van der Waals surface area contributed by atoms with Crippen LogP contribution in [0.4, 0.5) is 0 Å². The van der Waals surface area contributed by atoms with E-state index in [1.807, 2.05) is 19.1 Å². The minimum atomic E-state index is -0.248. The van der Waals surface area contributed by atoms with Gasteiger partial charge in [-0.3, -0.25) is 10.1 Å². The molecule has 0 aromatic carbocycles. The second-order valence-corrected chi connectivity index (χ2v) is 8.53. The van der Waals surface area contributed by atoms with Gasteiger partial charge in [-0.25, -0.2) is 0 Å². The van der Waals surface area contributed by atoms with Crippen LogP contribution in [-0.4, -0.2) is 17.6 Å². The Bertz CT molecular complexity index is 610. The summed E-state index contributed by atoms with van der Waals surface area (Å²) in [7, 11) is 0. The third-order valence-electron chi connectivity index (χ3n) is 5.21. The summed E-state index contributed by atoms with van der Waals surface area (Å²) in [4.78, 5) is 11.8. The van der Waals surface area contributed by atoms with Gasteiger partial charge in [-0.1, -0.05) is 90.4 Å². The van der Waals surface area contributed by atoms with Crippen molar-refractivity contribution >= 4 is 29.3 Å². The van der Waals surface area contributed by atoms with E-state index in [1.54, 1.807) is 6.08 Å². The van der Waals surface area contributed by atoms with E-state index in [2.05, 4.69) is 17.6 Å². The summed E-state index contributed by atoms with van der Waals surface area (Å²) < 4.78 is 5.38. The summed E-state index contributed by atoms with van der Waals surface area (Å²) in [5.41, 5.74) is 0. The molecule has 4 nitrogen and oxygen atoms in total. The van der Waals surface area contributed by atoms with Gasteiger partial charge in [-0.15, -0.1) is 0 Å². The molecule has 30 heavy (non-hydrogen) atoms. The first-order valence-corrected chi connectivity index (χ1v) is 12.4. The maximum Gasteiger partial charge on any atom is 0.250 e. The molecule has 0 saturated carbocycles. The molecule has 1 aromatic rings. The van der Waals surface area contributed by atoms with Gasteiger partial charge in [0.25, 0.3) is 0 Å². The Hall–Kier alpha value is -1.62. The highest BCUT2D eigenvalue weighted by atomic mass is 32.1. The van der Waals surface area contributed by atoms with Crippen LogP contribution in [0.5, 0.6) is 0 Å². The highest BCUT2D eigenvalue weighted by Crippen LogP contribution is 2.12. The number of hydrogen-bond donors (Lipinski definition) is 2. The molecule has 170 valence electrons. The van der Waals surface area contributed by atoms with Crippen LogP contribution in [0, 0.1) is 6.92 Å². The molecule has 0 bridgehead atoms. The lowest BCUT2D eigenvalue weighted by Gasteiger charge is -2.08. The van der Waals surface area contributed by atoms with Gasteiger partial charge in [0.1, 0.15) is 11.5 Å². The van der Waals surface area contributed by atoms with Crippen LogP contribution in [0.2, 0.25) is 0 Å². The highest BCUT2D eigenvalue weighted by molar-refractivity contribution is 7.80. The van der Waals surface area contributed by atoms with Crippen LogP contribution >= 0.6 is 12.2 Å². The number of furan rings is 1. The number of unbranched alkanes of at least 4 members (excludes halogenated alkanes) is 13. The fraction of sp³-hybridized carbons (Fsp3) is 0.680. The zero-order valence-corrected chi connectivity index (χ0v) is 20.0. The lowest BCUT2D eigenvalue weighted by Crippen LogP contribution is -2.38. The molecular weight excluding hydrogens is 392 g/mol. The molecule has 1 rings (SSSR count). The van der Waals surface area contributed by atoms with Crippen molar-refractivity contribution in [2.24, 2.45) is 0 Å². The maximum absolute atomic E-state index is 11.8. The SMILES string of the molecule is CCCCCCCCCCCCCCCCNC(=S)NC(=O)/C=C/c1ccc(C)o1. The average molecular weight is 435 g/mol. The van der Waals surface area contributed by atoms with Crippen molar-refractivity contribution in [1.29, 1.82) is 0 Å². The van der Waals surface area contributed by atoms with Gasteiger partial charge in [0, 0.05) is 12.6 Å².